The summed E-state index contributed by atoms with van der Waals surface area (Å²) in [4.78, 5) is 26.6. The molecule has 5 rings (SSSR count). The summed E-state index contributed by atoms with van der Waals surface area (Å²) >= 11 is 1.74. The predicted molar refractivity (Wildman–Crippen MR) is 165 cm³/mol. The first kappa shape index (κ1) is 28.2. The van der Waals surface area contributed by atoms with Gasteiger partial charge in [-0.05, 0) is 72.0 Å². The summed E-state index contributed by atoms with van der Waals surface area (Å²) in [6, 6.07) is 26.4. The van der Waals surface area contributed by atoms with Crippen molar-refractivity contribution in [3.63, 3.8) is 0 Å². The number of nitrogens with zero attached hydrogens (tertiary/aromatic N) is 2. The van der Waals surface area contributed by atoms with Crippen LogP contribution in [0.4, 0.5) is 5.69 Å². The molecule has 0 radical (unpaired) electrons. The Bertz CT molecular complexity index is 1640. The normalized spacial score (nSPS) is 14.0. The van der Waals surface area contributed by atoms with Gasteiger partial charge in [0.1, 0.15) is 7.05 Å². The van der Waals surface area contributed by atoms with Crippen LogP contribution >= 0.6 is 11.8 Å². The van der Waals surface area contributed by atoms with Crippen LogP contribution in [0, 0.1) is 0 Å². The van der Waals surface area contributed by atoms with E-state index in [0.29, 0.717) is 12.0 Å². The number of benzene rings is 3. The molecular weight excluding hydrogens is 532 g/mol. The van der Waals surface area contributed by atoms with Crippen LogP contribution in [0.25, 0.3) is 22.6 Å². The van der Waals surface area contributed by atoms with Crippen LogP contribution in [0.5, 0.6) is 0 Å². The van der Waals surface area contributed by atoms with Crippen molar-refractivity contribution in [2.45, 2.75) is 30.6 Å². The maximum absolute atomic E-state index is 12.1. The topological polar surface area (TPSA) is 70.7 Å². The number of esters is 1. The van der Waals surface area contributed by atoms with E-state index < -0.39 is 5.97 Å². The molecule has 4 aromatic rings. The van der Waals surface area contributed by atoms with Crippen molar-refractivity contribution in [2.24, 2.45) is 7.05 Å². The Labute approximate surface area is 244 Å². The third-order valence-electron chi connectivity index (χ3n) is 7.21. The number of anilines is 1. The molecule has 41 heavy (non-hydrogen) atoms. The molecule has 1 N–H and O–H groups in total. The molecule has 0 amide bonds. The van der Waals surface area contributed by atoms with Crippen molar-refractivity contribution in [1.82, 2.24) is 0 Å². The van der Waals surface area contributed by atoms with Gasteiger partial charge in [0, 0.05) is 30.0 Å². The van der Waals surface area contributed by atoms with Crippen LogP contribution in [0.2, 0.25) is 0 Å². The number of aromatic nitrogens is 1. The second-order valence-electron chi connectivity index (χ2n) is 9.98. The number of hydrogen-bond acceptors (Lipinski definition) is 5. The predicted octanol–water partition coefficient (Wildman–Crippen LogP) is 7.09. The van der Waals surface area contributed by atoms with Crippen molar-refractivity contribution in [3.8, 4) is 0 Å². The monoisotopic (exact) mass is 565 g/mol. The zero-order valence-corrected chi connectivity index (χ0v) is 24.1. The van der Waals surface area contributed by atoms with E-state index in [2.05, 4.69) is 76.3 Å². The van der Waals surface area contributed by atoms with Gasteiger partial charge in [-0.1, -0.05) is 54.6 Å². The van der Waals surface area contributed by atoms with Gasteiger partial charge < -0.3 is 14.7 Å². The fraction of sp³-hybridized carbons (Fsp3) is 0.206. The highest BCUT2D eigenvalue weighted by atomic mass is 32.2. The molecule has 0 saturated carbocycles. The minimum Gasteiger partial charge on any atom is -0.481 e. The molecule has 1 aliphatic heterocycles. The van der Waals surface area contributed by atoms with E-state index in [9.17, 15) is 9.59 Å². The lowest BCUT2D eigenvalue weighted by molar-refractivity contribution is -0.644. The fourth-order valence-electron chi connectivity index (χ4n) is 5.05. The molecule has 3 aromatic carbocycles. The first-order chi connectivity index (χ1) is 19.9. The number of hydrogen-bond donors (Lipinski definition) is 1. The summed E-state index contributed by atoms with van der Waals surface area (Å²) in [5.74, 6) is -1.11. The Balaban J connectivity index is 1.56. The molecule has 1 aromatic heterocycles. The molecule has 1 aliphatic rings. The smallest absolute Gasteiger partial charge is 0.337 e. The van der Waals surface area contributed by atoms with Gasteiger partial charge in [-0.25, -0.2) is 9.36 Å². The number of carbonyl (C=O) groups is 2. The quantitative estimate of drug-likeness (QED) is 0.126. The van der Waals surface area contributed by atoms with Crippen LogP contribution in [0.1, 0.15) is 47.2 Å². The lowest BCUT2D eigenvalue weighted by Crippen LogP contribution is -2.28. The van der Waals surface area contributed by atoms with Gasteiger partial charge in [0.15, 0.2) is 6.20 Å². The molecule has 0 atom stereocenters. The van der Waals surface area contributed by atoms with Gasteiger partial charge >= 0.3 is 11.9 Å². The highest BCUT2D eigenvalue weighted by molar-refractivity contribution is 8.03. The molecule has 0 saturated heterocycles. The number of fused-ring (bicyclic) bond motifs is 2. The number of unbranched alkanes of at least 4 members (excludes halogenated alkanes) is 2. The number of ether oxygens (including phenoxy) is 1. The first-order valence-corrected chi connectivity index (χ1v) is 14.5. The van der Waals surface area contributed by atoms with Gasteiger partial charge in [-0.2, -0.15) is 0 Å². The molecular formula is C34H33N2O4S+. The van der Waals surface area contributed by atoms with Crippen LogP contribution in [0.3, 0.4) is 0 Å². The second-order valence-corrected chi connectivity index (χ2v) is 11.0. The first-order valence-electron chi connectivity index (χ1n) is 13.7. The van der Waals surface area contributed by atoms with Gasteiger partial charge in [-0.3, -0.25) is 4.79 Å². The summed E-state index contributed by atoms with van der Waals surface area (Å²) in [5.41, 5.74) is 5.92. The fourth-order valence-corrected chi connectivity index (χ4v) is 6.19. The van der Waals surface area contributed by atoms with Crippen LogP contribution in [0.15, 0.2) is 101 Å². The number of carboxylic acids is 1. The number of carbonyl (C=O) groups excluding carboxylic acids is 1. The Morgan fingerprint density at radius 2 is 1.66 bits per heavy atom. The number of aryl methyl sites for hydroxylation is 1. The molecule has 2 heterocycles. The maximum Gasteiger partial charge on any atom is 0.337 e. The molecule has 7 heteroatoms. The van der Waals surface area contributed by atoms with E-state index in [4.69, 9.17) is 9.84 Å². The molecule has 6 nitrogen and oxygen atoms in total. The average molecular weight is 566 g/mol. The Morgan fingerprint density at radius 1 is 0.927 bits per heavy atom. The van der Waals surface area contributed by atoms with E-state index >= 15 is 0 Å². The van der Waals surface area contributed by atoms with Crippen molar-refractivity contribution in [2.75, 3.05) is 18.6 Å². The summed E-state index contributed by atoms with van der Waals surface area (Å²) in [6.07, 6.45) is 9.12. The van der Waals surface area contributed by atoms with E-state index in [0.717, 1.165) is 52.0 Å². The Hall–Kier alpha value is -4.36. The van der Waals surface area contributed by atoms with Crippen molar-refractivity contribution < 1.29 is 24.0 Å². The number of thioether (sulfide) groups is 1. The number of para-hydroxylation sites is 2. The summed E-state index contributed by atoms with van der Waals surface area (Å²) in [5, 5.41) is 11.3. The number of carboxylic acid groups (broad SMARTS) is 1. The van der Waals surface area contributed by atoms with Gasteiger partial charge in [0.05, 0.1) is 28.8 Å². The molecule has 0 fully saturated rings. The zero-order chi connectivity index (χ0) is 28.8. The number of methoxy groups -OCH3 is 1. The molecule has 208 valence electrons. The standard InChI is InChI=1S/C34H32N2O4S/c1-35-21-19-26(28-10-5-6-11-29(28)35)22-27(24-15-17-25(18-16-24)34(39)40-2)23-32-36(20-9-3-4-14-33(37)38)30-12-7-8-13-31(30)41-32/h5-8,10-13,15-19,21-23H,3-4,9,14,20H2,1-2H3/p+1. The number of rotatable bonds is 10. The van der Waals surface area contributed by atoms with Gasteiger partial charge in [0.2, 0.25) is 5.52 Å². The van der Waals surface area contributed by atoms with Crippen molar-refractivity contribution in [1.29, 1.82) is 0 Å². The van der Waals surface area contributed by atoms with Crippen molar-refractivity contribution >= 4 is 51.9 Å². The zero-order valence-electron chi connectivity index (χ0n) is 23.2. The highest BCUT2D eigenvalue weighted by Gasteiger charge is 2.25. The Kier molecular flexibility index (Phi) is 8.85. The number of pyridine rings is 1. The minimum atomic E-state index is -0.748. The third kappa shape index (κ3) is 6.52. The lowest BCUT2D eigenvalue weighted by atomic mass is 9.99. The van der Waals surface area contributed by atoms with E-state index in [-0.39, 0.29) is 12.4 Å². The van der Waals surface area contributed by atoms with Crippen molar-refractivity contribution in [3.05, 3.63) is 113 Å². The third-order valence-corrected chi connectivity index (χ3v) is 8.32. The largest absolute Gasteiger partial charge is 0.481 e. The molecule has 0 spiro atoms. The lowest BCUT2D eigenvalue weighted by Gasteiger charge is -2.21. The van der Waals surface area contributed by atoms with Gasteiger partial charge in [0.25, 0.3) is 0 Å². The minimum absolute atomic E-state index is 0.200. The second kappa shape index (κ2) is 12.9. The average Bonchev–Trinajstić information content (AvgIpc) is 3.34. The highest BCUT2D eigenvalue weighted by Crippen LogP contribution is 2.47. The van der Waals surface area contributed by atoms with Crippen LogP contribution < -0.4 is 9.47 Å². The molecule has 0 aliphatic carbocycles. The van der Waals surface area contributed by atoms with E-state index in [1.165, 1.54) is 17.7 Å². The van der Waals surface area contributed by atoms with Gasteiger partial charge in [-0.15, -0.1) is 0 Å². The molecule has 0 unspecified atom stereocenters. The summed E-state index contributed by atoms with van der Waals surface area (Å²) in [6.45, 7) is 0.800. The van der Waals surface area contributed by atoms with Crippen LogP contribution in [-0.2, 0) is 16.6 Å². The maximum atomic E-state index is 12.1. The summed E-state index contributed by atoms with van der Waals surface area (Å²) in [7, 11) is 3.43. The molecule has 0 bridgehead atoms. The van der Waals surface area contributed by atoms with Crippen LogP contribution in [-0.4, -0.2) is 30.7 Å². The number of allylic oxidation sites excluding steroid dienone is 2. The number of aliphatic carboxylic acids is 1. The van der Waals surface area contributed by atoms with E-state index in [1.807, 2.05) is 25.2 Å². The summed E-state index contributed by atoms with van der Waals surface area (Å²) < 4.78 is 7.02. The Morgan fingerprint density at radius 3 is 2.44 bits per heavy atom. The van der Waals surface area contributed by atoms with E-state index in [1.54, 1.807) is 23.9 Å². The SMILES string of the molecule is COC(=O)c1ccc(C(=C\c2cc[n+](C)c3ccccc23)/C=C2\Sc3ccccc3N2CCCCCC(=O)O)cc1.